The zero-order valence-electron chi connectivity index (χ0n) is 10.9. The van der Waals surface area contributed by atoms with Crippen LogP contribution in [0.15, 0.2) is 24.3 Å². The first-order valence-electron chi connectivity index (χ1n) is 6.54. The van der Waals surface area contributed by atoms with E-state index < -0.39 is 0 Å². The third-order valence-corrected chi connectivity index (χ3v) is 2.93. The molecule has 1 nitrogen and oxygen atoms in total. The van der Waals surface area contributed by atoms with Crippen molar-refractivity contribution >= 4 is 0 Å². The molecule has 1 aromatic rings. The number of nitrogens with one attached hydrogen (secondary N) is 1. The molecule has 16 heavy (non-hydrogen) atoms. The lowest BCUT2D eigenvalue weighted by atomic mass is 9.99. The maximum absolute atomic E-state index is 3.48. The third kappa shape index (κ3) is 4.80. The molecule has 0 saturated heterocycles. The summed E-state index contributed by atoms with van der Waals surface area (Å²) < 4.78 is 0. The van der Waals surface area contributed by atoms with Gasteiger partial charge in [-0.2, -0.15) is 0 Å². The standard InChI is InChI=1S/C15H25N/c1-4-10-16-12-13(3)11-15-8-6-14(5-2)7-9-15/h6-9,13,16H,4-5,10-12H2,1-3H3. The summed E-state index contributed by atoms with van der Waals surface area (Å²) in [5, 5.41) is 3.48. The van der Waals surface area contributed by atoms with Gasteiger partial charge in [0.25, 0.3) is 0 Å². The van der Waals surface area contributed by atoms with Gasteiger partial charge in [0.05, 0.1) is 0 Å². The minimum Gasteiger partial charge on any atom is -0.316 e. The first-order chi connectivity index (χ1) is 7.76. The first-order valence-corrected chi connectivity index (χ1v) is 6.54. The smallest absolute Gasteiger partial charge is 0.00200 e. The van der Waals surface area contributed by atoms with Gasteiger partial charge in [0.2, 0.25) is 0 Å². The molecule has 1 N–H and O–H groups in total. The fraction of sp³-hybridized carbons (Fsp3) is 0.600. The molecule has 1 heteroatoms. The molecule has 0 aliphatic carbocycles. The highest BCUT2D eigenvalue weighted by Gasteiger charge is 2.02. The Labute approximate surface area is 100 Å². The van der Waals surface area contributed by atoms with Crippen LogP contribution in [0.5, 0.6) is 0 Å². The molecule has 1 unspecified atom stereocenters. The van der Waals surface area contributed by atoms with Gasteiger partial charge in [-0.05, 0) is 49.4 Å². The minimum absolute atomic E-state index is 0.721. The van der Waals surface area contributed by atoms with E-state index in [0.717, 1.165) is 25.4 Å². The van der Waals surface area contributed by atoms with Crippen molar-refractivity contribution in [3.8, 4) is 0 Å². The second-order valence-electron chi connectivity index (χ2n) is 4.68. The average Bonchev–Trinajstić information content (AvgIpc) is 2.30. The summed E-state index contributed by atoms with van der Waals surface area (Å²) in [6.07, 6.45) is 3.53. The van der Waals surface area contributed by atoms with E-state index in [4.69, 9.17) is 0 Å². The Kier molecular flexibility index (Phi) is 6.17. The topological polar surface area (TPSA) is 12.0 Å². The predicted octanol–water partition coefficient (Wildman–Crippen LogP) is 3.43. The fourth-order valence-corrected chi connectivity index (χ4v) is 1.91. The van der Waals surface area contributed by atoms with Gasteiger partial charge in [-0.25, -0.2) is 0 Å². The highest BCUT2D eigenvalue weighted by molar-refractivity contribution is 5.22. The van der Waals surface area contributed by atoms with E-state index in [9.17, 15) is 0 Å². The highest BCUT2D eigenvalue weighted by atomic mass is 14.8. The number of aryl methyl sites for hydroxylation is 1. The van der Waals surface area contributed by atoms with Crippen molar-refractivity contribution in [1.29, 1.82) is 0 Å². The van der Waals surface area contributed by atoms with Gasteiger partial charge in [0, 0.05) is 0 Å². The van der Waals surface area contributed by atoms with Crippen molar-refractivity contribution in [2.45, 2.75) is 40.0 Å². The average molecular weight is 219 g/mol. The Morgan fingerprint density at radius 1 is 1.06 bits per heavy atom. The second kappa shape index (κ2) is 7.45. The van der Waals surface area contributed by atoms with E-state index in [-0.39, 0.29) is 0 Å². The lowest BCUT2D eigenvalue weighted by Crippen LogP contribution is -2.23. The van der Waals surface area contributed by atoms with Crippen molar-refractivity contribution in [2.75, 3.05) is 13.1 Å². The van der Waals surface area contributed by atoms with E-state index in [1.165, 1.54) is 24.0 Å². The molecule has 0 aliphatic heterocycles. The summed E-state index contributed by atoms with van der Waals surface area (Å²) in [5.41, 5.74) is 2.89. The first kappa shape index (κ1) is 13.2. The van der Waals surface area contributed by atoms with Crippen LogP contribution in [0.1, 0.15) is 38.3 Å². The van der Waals surface area contributed by atoms with Crippen LogP contribution in [0.25, 0.3) is 0 Å². The molecule has 1 aromatic carbocycles. The summed E-state index contributed by atoms with van der Waals surface area (Å²) in [7, 11) is 0. The van der Waals surface area contributed by atoms with Crippen LogP contribution < -0.4 is 5.32 Å². The molecule has 0 saturated carbocycles. The van der Waals surface area contributed by atoms with Gasteiger partial charge >= 0.3 is 0 Å². The lowest BCUT2D eigenvalue weighted by Gasteiger charge is -2.12. The second-order valence-corrected chi connectivity index (χ2v) is 4.68. The predicted molar refractivity (Wildman–Crippen MR) is 71.8 cm³/mol. The molecule has 90 valence electrons. The van der Waals surface area contributed by atoms with Crippen LogP contribution in [0.4, 0.5) is 0 Å². The maximum Gasteiger partial charge on any atom is -0.00200 e. The molecule has 0 spiro atoms. The fourth-order valence-electron chi connectivity index (χ4n) is 1.91. The summed E-state index contributed by atoms with van der Waals surface area (Å²) in [6.45, 7) is 8.99. The van der Waals surface area contributed by atoms with Crippen LogP contribution in [-0.4, -0.2) is 13.1 Å². The molecule has 0 amide bonds. The molecule has 0 fully saturated rings. The zero-order chi connectivity index (χ0) is 11.8. The molecular formula is C15H25N. The molecule has 0 aliphatic rings. The molecule has 0 aromatic heterocycles. The summed E-state index contributed by atoms with van der Waals surface area (Å²) in [6, 6.07) is 9.05. The molecule has 0 heterocycles. The molecular weight excluding hydrogens is 194 g/mol. The van der Waals surface area contributed by atoms with Crippen LogP contribution in [0.2, 0.25) is 0 Å². The zero-order valence-corrected chi connectivity index (χ0v) is 10.9. The monoisotopic (exact) mass is 219 g/mol. The van der Waals surface area contributed by atoms with E-state index in [2.05, 4.69) is 50.4 Å². The Morgan fingerprint density at radius 2 is 1.69 bits per heavy atom. The van der Waals surface area contributed by atoms with E-state index in [0.29, 0.717) is 0 Å². The van der Waals surface area contributed by atoms with Crippen molar-refractivity contribution in [3.05, 3.63) is 35.4 Å². The van der Waals surface area contributed by atoms with Gasteiger partial charge in [-0.3, -0.25) is 0 Å². The third-order valence-electron chi connectivity index (χ3n) is 2.93. The number of benzene rings is 1. The van der Waals surface area contributed by atoms with Crippen molar-refractivity contribution in [3.63, 3.8) is 0 Å². The van der Waals surface area contributed by atoms with Crippen LogP contribution in [0, 0.1) is 5.92 Å². The van der Waals surface area contributed by atoms with Crippen molar-refractivity contribution in [2.24, 2.45) is 5.92 Å². The Bertz CT molecular complexity index is 276. The number of hydrogen-bond donors (Lipinski definition) is 1. The lowest BCUT2D eigenvalue weighted by molar-refractivity contribution is 0.510. The van der Waals surface area contributed by atoms with Crippen molar-refractivity contribution < 1.29 is 0 Å². The Balaban J connectivity index is 2.34. The summed E-state index contributed by atoms with van der Waals surface area (Å²) >= 11 is 0. The van der Waals surface area contributed by atoms with Gasteiger partial charge in [-0.1, -0.05) is 45.0 Å². The van der Waals surface area contributed by atoms with Crippen LogP contribution in [0.3, 0.4) is 0 Å². The van der Waals surface area contributed by atoms with Gasteiger partial charge in [0.1, 0.15) is 0 Å². The van der Waals surface area contributed by atoms with Crippen molar-refractivity contribution in [1.82, 2.24) is 5.32 Å². The number of rotatable bonds is 7. The molecule has 1 rings (SSSR count). The summed E-state index contributed by atoms with van der Waals surface area (Å²) in [4.78, 5) is 0. The Morgan fingerprint density at radius 3 is 2.25 bits per heavy atom. The SMILES string of the molecule is CCCNCC(C)Cc1ccc(CC)cc1. The van der Waals surface area contributed by atoms with Gasteiger partial charge in [0.15, 0.2) is 0 Å². The quantitative estimate of drug-likeness (QED) is 0.693. The normalized spacial score (nSPS) is 12.7. The van der Waals surface area contributed by atoms with E-state index in [1.807, 2.05) is 0 Å². The van der Waals surface area contributed by atoms with Gasteiger partial charge < -0.3 is 5.32 Å². The molecule has 0 bridgehead atoms. The largest absolute Gasteiger partial charge is 0.316 e. The van der Waals surface area contributed by atoms with E-state index in [1.54, 1.807) is 0 Å². The van der Waals surface area contributed by atoms with Crippen LogP contribution >= 0.6 is 0 Å². The van der Waals surface area contributed by atoms with Crippen LogP contribution in [-0.2, 0) is 12.8 Å². The number of hydrogen-bond acceptors (Lipinski definition) is 1. The Hall–Kier alpha value is -0.820. The maximum atomic E-state index is 3.48. The van der Waals surface area contributed by atoms with Gasteiger partial charge in [-0.15, -0.1) is 0 Å². The highest BCUT2D eigenvalue weighted by Crippen LogP contribution is 2.10. The molecule has 0 radical (unpaired) electrons. The molecule has 1 atom stereocenters. The van der Waals surface area contributed by atoms with E-state index >= 15 is 0 Å². The summed E-state index contributed by atoms with van der Waals surface area (Å²) in [5.74, 6) is 0.721. The minimum atomic E-state index is 0.721.